The number of ether oxygens (including phenoxy) is 1. The summed E-state index contributed by atoms with van der Waals surface area (Å²) in [5.74, 6) is 1.55. The summed E-state index contributed by atoms with van der Waals surface area (Å²) >= 11 is 0. The van der Waals surface area contributed by atoms with Crippen molar-refractivity contribution in [2.45, 2.75) is 38.6 Å². The minimum atomic E-state index is 0.490. The summed E-state index contributed by atoms with van der Waals surface area (Å²) in [7, 11) is 0. The van der Waals surface area contributed by atoms with Crippen LogP contribution in [-0.2, 0) is 0 Å². The Morgan fingerprint density at radius 2 is 1.96 bits per heavy atom. The zero-order chi connectivity index (χ0) is 16.4. The van der Waals surface area contributed by atoms with E-state index >= 15 is 0 Å². The SMILES string of the molecule is CCOc1ccc(-n2cnc3cnc(NC4CCCC4)nc32)cc1. The molecule has 0 amide bonds. The molecule has 2 aromatic heterocycles. The normalized spacial score (nSPS) is 15.0. The summed E-state index contributed by atoms with van der Waals surface area (Å²) in [6, 6.07) is 8.44. The number of hydrogen-bond acceptors (Lipinski definition) is 5. The first-order chi connectivity index (χ1) is 11.8. The van der Waals surface area contributed by atoms with Crippen molar-refractivity contribution in [3.05, 3.63) is 36.8 Å². The van der Waals surface area contributed by atoms with E-state index in [1.165, 1.54) is 25.7 Å². The Balaban J connectivity index is 1.64. The van der Waals surface area contributed by atoms with Crippen LogP contribution in [0.2, 0.25) is 0 Å². The lowest BCUT2D eigenvalue weighted by molar-refractivity contribution is 0.340. The highest BCUT2D eigenvalue weighted by molar-refractivity contribution is 5.73. The summed E-state index contributed by atoms with van der Waals surface area (Å²) in [6.45, 7) is 2.64. The van der Waals surface area contributed by atoms with Gasteiger partial charge in [0.1, 0.15) is 17.6 Å². The first-order valence-electron chi connectivity index (χ1n) is 8.53. The Morgan fingerprint density at radius 3 is 2.71 bits per heavy atom. The molecule has 2 heterocycles. The first-order valence-corrected chi connectivity index (χ1v) is 8.53. The van der Waals surface area contributed by atoms with Crippen LogP contribution in [0.3, 0.4) is 0 Å². The lowest BCUT2D eigenvalue weighted by atomic mass is 10.2. The largest absolute Gasteiger partial charge is 0.494 e. The van der Waals surface area contributed by atoms with Crippen LogP contribution in [0.1, 0.15) is 32.6 Å². The standard InChI is InChI=1S/C18H21N5O/c1-2-24-15-9-7-14(8-10-15)23-12-20-16-11-19-18(22-17(16)23)21-13-5-3-4-6-13/h7-13H,2-6H2,1H3,(H,19,21,22). The van der Waals surface area contributed by atoms with Gasteiger partial charge in [-0.2, -0.15) is 4.98 Å². The highest BCUT2D eigenvalue weighted by Gasteiger charge is 2.16. The van der Waals surface area contributed by atoms with Crippen LogP contribution in [-0.4, -0.2) is 32.2 Å². The molecule has 1 aromatic carbocycles. The van der Waals surface area contributed by atoms with Crippen LogP contribution in [0.4, 0.5) is 5.95 Å². The average molecular weight is 323 g/mol. The van der Waals surface area contributed by atoms with Gasteiger partial charge in [-0.15, -0.1) is 0 Å². The van der Waals surface area contributed by atoms with Crippen molar-refractivity contribution in [3.63, 3.8) is 0 Å². The molecule has 0 saturated heterocycles. The Bertz CT molecular complexity index is 821. The zero-order valence-corrected chi connectivity index (χ0v) is 13.8. The summed E-state index contributed by atoms with van der Waals surface area (Å²) < 4.78 is 7.48. The summed E-state index contributed by atoms with van der Waals surface area (Å²) in [5, 5.41) is 3.44. The second kappa shape index (κ2) is 6.47. The Labute approximate surface area is 140 Å². The molecule has 3 aromatic rings. The third-order valence-corrected chi connectivity index (χ3v) is 4.40. The molecule has 0 atom stereocenters. The predicted octanol–water partition coefficient (Wildman–Crippen LogP) is 3.57. The quantitative estimate of drug-likeness (QED) is 0.777. The third-order valence-electron chi connectivity index (χ3n) is 4.40. The predicted molar refractivity (Wildman–Crippen MR) is 93.7 cm³/mol. The van der Waals surface area contributed by atoms with Crippen LogP contribution in [0.5, 0.6) is 5.75 Å². The van der Waals surface area contributed by atoms with E-state index in [9.17, 15) is 0 Å². The number of rotatable bonds is 5. The number of nitrogens with one attached hydrogen (secondary N) is 1. The number of fused-ring (bicyclic) bond motifs is 1. The fourth-order valence-corrected chi connectivity index (χ4v) is 3.19. The molecule has 6 nitrogen and oxygen atoms in total. The smallest absolute Gasteiger partial charge is 0.224 e. The molecular formula is C18H21N5O. The van der Waals surface area contributed by atoms with Gasteiger partial charge < -0.3 is 10.1 Å². The summed E-state index contributed by atoms with van der Waals surface area (Å²) in [6.07, 6.45) is 8.52. The monoisotopic (exact) mass is 323 g/mol. The van der Waals surface area contributed by atoms with Gasteiger partial charge in [0.15, 0.2) is 5.65 Å². The van der Waals surface area contributed by atoms with E-state index in [1.54, 1.807) is 12.5 Å². The van der Waals surface area contributed by atoms with Crippen LogP contribution in [0, 0.1) is 0 Å². The van der Waals surface area contributed by atoms with E-state index in [-0.39, 0.29) is 0 Å². The van der Waals surface area contributed by atoms with Crippen LogP contribution >= 0.6 is 0 Å². The van der Waals surface area contributed by atoms with E-state index in [0.29, 0.717) is 18.6 Å². The number of aromatic nitrogens is 4. The van der Waals surface area contributed by atoms with Gasteiger partial charge in [0.25, 0.3) is 0 Å². The Morgan fingerprint density at radius 1 is 1.17 bits per heavy atom. The van der Waals surface area contributed by atoms with Gasteiger partial charge in [0.05, 0.1) is 12.8 Å². The molecule has 0 spiro atoms. The van der Waals surface area contributed by atoms with Gasteiger partial charge in [-0.05, 0) is 44.0 Å². The second-order valence-electron chi connectivity index (χ2n) is 6.07. The molecule has 1 saturated carbocycles. The highest BCUT2D eigenvalue weighted by Crippen LogP contribution is 2.23. The molecule has 0 bridgehead atoms. The molecule has 6 heteroatoms. The van der Waals surface area contributed by atoms with Crippen LogP contribution in [0.15, 0.2) is 36.8 Å². The molecule has 124 valence electrons. The van der Waals surface area contributed by atoms with Gasteiger partial charge in [-0.3, -0.25) is 4.57 Å². The highest BCUT2D eigenvalue weighted by atomic mass is 16.5. The lowest BCUT2D eigenvalue weighted by Gasteiger charge is -2.11. The fourth-order valence-electron chi connectivity index (χ4n) is 3.19. The average Bonchev–Trinajstić information content (AvgIpc) is 3.25. The minimum absolute atomic E-state index is 0.490. The van der Waals surface area contributed by atoms with E-state index in [1.807, 2.05) is 35.8 Å². The van der Waals surface area contributed by atoms with Crippen LogP contribution in [0.25, 0.3) is 16.9 Å². The van der Waals surface area contributed by atoms with E-state index in [2.05, 4.69) is 20.3 Å². The molecule has 24 heavy (non-hydrogen) atoms. The maximum Gasteiger partial charge on any atom is 0.224 e. The number of anilines is 1. The van der Waals surface area contributed by atoms with E-state index in [0.717, 1.165) is 22.6 Å². The lowest BCUT2D eigenvalue weighted by Crippen LogP contribution is -2.16. The van der Waals surface area contributed by atoms with Gasteiger partial charge in [0.2, 0.25) is 5.95 Å². The summed E-state index contributed by atoms with van der Waals surface area (Å²) in [4.78, 5) is 13.5. The topological polar surface area (TPSA) is 64.9 Å². The number of imidazole rings is 1. The molecule has 1 aliphatic rings. The van der Waals surface area contributed by atoms with Crippen LogP contribution < -0.4 is 10.1 Å². The maximum atomic E-state index is 5.50. The molecule has 0 radical (unpaired) electrons. The molecule has 0 aliphatic heterocycles. The number of nitrogens with zero attached hydrogens (tertiary/aromatic N) is 4. The molecule has 4 rings (SSSR count). The summed E-state index contributed by atoms with van der Waals surface area (Å²) in [5.41, 5.74) is 2.61. The van der Waals surface area contributed by atoms with Crippen molar-refractivity contribution in [1.29, 1.82) is 0 Å². The van der Waals surface area contributed by atoms with E-state index < -0.39 is 0 Å². The minimum Gasteiger partial charge on any atom is -0.494 e. The number of benzene rings is 1. The Kier molecular flexibility index (Phi) is 4.02. The van der Waals surface area contributed by atoms with Gasteiger partial charge in [0, 0.05) is 11.7 Å². The van der Waals surface area contributed by atoms with Crippen molar-refractivity contribution in [3.8, 4) is 11.4 Å². The first kappa shape index (κ1) is 14.9. The molecule has 1 N–H and O–H groups in total. The molecule has 1 fully saturated rings. The second-order valence-corrected chi connectivity index (χ2v) is 6.07. The third kappa shape index (κ3) is 2.91. The van der Waals surface area contributed by atoms with Crippen molar-refractivity contribution in [2.75, 3.05) is 11.9 Å². The van der Waals surface area contributed by atoms with Crippen molar-refractivity contribution < 1.29 is 4.74 Å². The van der Waals surface area contributed by atoms with E-state index in [4.69, 9.17) is 4.74 Å². The molecule has 1 aliphatic carbocycles. The van der Waals surface area contributed by atoms with Crippen molar-refractivity contribution in [2.24, 2.45) is 0 Å². The Hall–Kier alpha value is -2.63. The van der Waals surface area contributed by atoms with Gasteiger partial charge in [-0.1, -0.05) is 12.8 Å². The van der Waals surface area contributed by atoms with Crippen molar-refractivity contribution in [1.82, 2.24) is 19.5 Å². The molecular weight excluding hydrogens is 302 g/mol. The number of hydrogen-bond donors (Lipinski definition) is 1. The zero-order valence-electron chi connectivity index (χ0n) is 13.8. The molecule has 0 unspecified atom stereocenters. The van der Waals surface area contributed by atoms with Crippen molar-refractivity contribution >= 4 is 17.1 Å². The van der Waals surface area contributed by atoms with Gasteiger partial charge >= 0.3 is 0 Å². The van der Waals surface area contributed by atoms with Gasteiger partial charge in [-0.25, -0.2) is 9.97 Å². The maximum absolute atomic E-state index is 5.50. The fraction of sp³-hybridized carbons (Fsp3) is 0.389.